The highest BCUT2D eigenvalue weighted by Crippen LogP contribution is 2.22. The molecular formula is C22H30N8O5S. The van der Waals surface area contributed by atoms with Crippen molar-refractivity contribution >= 4 is 38.8 Å². The molecule has 0 saturated carbocycles. The van der Waals surface area contributed by atoms with Gasteiger partial charge in [0, 0.05) is 32.9 Å². The van der Waals surface area contributed by atoms with Crippen molar-refractivity contribution in [3.8, 4) is 0 Å². The molecule has 3 rings (SSSR count). The van der Waals surface area contributed by atoms with Gasteiger partial charge in [-0.05, 0) is 12.0 Å². The fourth-order valence-electron chi connectivity index (χ4n) is 3.57. The number of ether oxygens (including phenoxy) is 1. The molecule has 3 N–H and O–H groups in total. The first-order valence-corrected chi connectivity index (χ1v) is 12.9. The lowest BCUT2D eigenvalue weighted by Gasteiger charge is -2.21. The zero-order chi connectivity index (χ0) is 26.6. The van der Waals surface area contributed by atoms with Crippen molar-refractivity contribution in [2.75, 3.05) is 45.8 Å². The van der Waals surface area contributed by atoms with Crippen LogP contribution in [0.1, 0.15) is 18.9 Å². The van der Waals surface area contributed by atoms with Crippen LogP contribution in [0.4, 0.5) is 15.4 Å². The Hall–Kier alpha value is -3.94. The summed E-state index contributed by atoms with van der Waals surface area (Å²) in [6.07, 6.45) is -0.103. The number of nitrogens with one attached hydrogen (secondary N) is 1. The normalized spacial score (nSPS) is 12.8. The summed E-state index contributed by atoms with van der Waals surface area (Å²) >= 11 is 0. The van der Waals surface area contributed by atoms with Gasteiger partial charge in [-0.3, -0.25) is 4.57 Å². The van der Waals surface area contributed by atoms with Crippen LogP contribution in [-0.4, -0.2) is 85.3 Å². The number of aromatic nitrogens is 4. The fraction of sp³-hybridized carbons (Fsp3) is 0.409. The van der Waals surface area contributed by atoms with Crippen molar-refractivity contribution in [1.29, 1.82) is 4.78 Å². The molecular weight excluding hydrogens is 488 g/mol. The number of hydrogen-bond donors (Lipinski definition) is 2. The van der Waals surface area contributed by atoms with Gasteiger partial charge in [0.1, 0.15) is 15.2 Å². The maximum Gasteiger partial charge on any atom is 0.409 e. The van der Waals surface area contributed by atoms with E-state index in [1.54, 1.807) is 6.92 Å². The van der Waals surface area contributed by atoms with Crippen molar-refractivity contribution < 1.29 is 18.5 Å². The molecule has 0 aliphatic heterocycles. The molecule has 1 unspecified atom stereocenters. The Bertz CT molecular complexity index is 1430. The molecule has 0 aliphatic carbocycles. The summed E-state index contributed by atoms with van der Waals surface area (Å²) < 4.78 is 27.9. The number of imidazole rings is 1. The van der Waals surface area contributed by atoms with Gasteiger partial charge in [-0.2, -0.15) is 4.98 Å². The zero-order valence-electron chi connectivity index (χ0n) is 20.6. The first kappa shape index (κ1) is 26.7. The number of likely N-dealkylation sites (N-methyl/N-ethyl adjacent to an activating group) is 2. The van der Waals surface area contributed by atoms with Crippen LogP contribution in [0, 0.1) is 4.78 Å². The number of anilines is 1. The molecule has 0 spiro atoms. The number of nitrogen functional groups attached to an aromatic ring is 1. The van der Waals surface area contributed by atoms with Crippen LogP contribution in [-0.2, 0) is 21.0 Å². The Morgan fingerprint density at radius 1 is 1.14 bits per heavy atom. The summed E-state index contributed by atoms with van der Waals surface area (Å²) in [6, 6.07) is 8.35. The molecule has 0 aliphatic rings. The number of hydrogen-bond acceptors (Lipinski definition) is 9. The number of carbonyl (C=O) groups excluding carboxylic acids is 2. The molecule has 2 aromatic heterocycles. The van der Waals surface area contributed by atoms with Crippen LogP contribution in [0.2, 0.25) is 0 Å². The summed E-state index contributed by atoms with van der Waals surface area (Å²) in [5.74, 6) is -0.208. The molecule has 0 bridgehead atoms. The minimum absolute atomic E-state index is 0.0101. The van der Waals surface area contributed by atoms with Gasteiger partial charge in [0.15, 0.2) is 11.5 Å². The zero-order valence-corrected chi connectivity index (χ0v) is 21.4. The molecule has 36 heavy (non-hydrogen) atoms. The average Bonchev–Trinajstić information content (AvgIpc) is 3.13. The van der Waals surface area contributed by atoms with Crippen molar-refractivity contribution in [2.24, 2.45) is 0 Å². The van der Waals surface area contributed by atoms with E-state index in [9.17, 15) is 18.6 Å². The molecule has 194 valence electrons. The maximum absolute atomic E-state index is 13.5. The average molecular weight is 519 g/mol. The minimum atomic E-state index is -3.35. The lowest BCUT2D eigenvalue weighted by atomic mass is 10.2. The van der Waals surface area contributed by atoms with E-state index in [2.05, 4.69) is 14.7 Å². The fourth-order valence-corrected chi connectivity index (χ4v) is 4.81. The Morgan fingerprint density at radius 2 is 1.78 bits per heavy atom. The third-order valence-corrected chi connectivity index (χ3v) is 7.27. The van der Waals surface area contributed by atoms with Gasteiger partial charge in [0.25, 0.3) is 0 Å². The quantitative estimate of drug-likeness (QED) is 0.424. The monoisotopic (exact) mass is 518 g/mol. The third kappa shape index (κ3) is 5.32. The lowest BCUT2D eigenvalue weighted by Crippen LogP contribution is -2.42. The summed E-state index contributed by atoms with van der Waals surface area (Å²) in [6.45, 7) is 2.09. The second-order valence-electron chi connectivity index (χ2n) is 8.23. The van der Waals surface area contributed by atoms with Gasteiger partial charge in [-0.25, -0.2) is 32.9 Å². The number of amides is 2. The third-order valence-electron chi connectivity index (χ3n) is 5.52. The van der Waals surface area contributed by atoms with Gasteiger partial charge in [-0.15, -0.1) is 0 Å². The highest BCUT2D eigenvalue weighted by molar-refractivity contribution is 7.92. The van der Waals surface area contributed by atoms with Gasteiger partial charge in [0.2, 0.25) is 5.16 Å². The Balaban J connectivity index is 2.14. The van der Waals surface area contributed by atoms with E-state index in [0.717, 1.165) is 10.1 Å². The molecule has 14 heteroatoms. The Morgan fingerprint density at radius 3 is 2.39 bits per heavy atom. The number of nitrogens with two attached hydrogens (primary N) is 1. The highest BCUT2D eigenvalue weighted by atomic mass is 32.2. The van der Waals surface area contributed by atoms with Gasteiger partial charge < -0.3 is 20.3 Å². The van der Waals surface area contributed by atoms with Crippen LogP contribution >= 0.6 is 0 Å². The van der Waals surface area contributed by atoms with E-state index in [-0.39, 0.29) is 47.5 Å². The van der Waals surface area contributed by atoms with Gasteiger partial charge in [-0.1, -0.05) is 37.3 Å². The SMILES string of the molecule is CCCS(=N)(=O)c1nc(N)c2c(n1)n(Cc1ccccc1)c(=O)n2C(=O)N(C)CCN(C)C(=O)OC. The standard InChI is InChI=1S/C22H30N8O5S/c1-5-13-36(24,34)19-25-17(23)16-18(26-19)29(14-15-9-7-6-8-10-15)21(32)30(16)20(31)27(2)11-12-28(3)22(33)35-4/h6-10,24H,5,11-14H2,1-4H3,(H2,23,25,26). The minimum Gasteiger partial charge on any atom is -0.453 e. The molecule has 3 aromatic rings. The number of carbonyl (C=O) groups is 2. The predicted octanol–water partition coefficient (Wildman–Crippen LogP) is 1.64. The van der Waals surface area contributed by atoms with E-state index in [1.165, 1.54) is 35.6 Å². The van der Waals surface area contributed by atoms with Crippen LogP contribution in [0.3, 0.4) is 0 Å². The van der Waals surface area contributed by atoms with E-state index in [4.69, 9.17) is 10.5 Å². The summed E-state index contributed by atoms with van der Waals surface area (Å²) in [4.78, 5) is 49.4. The second-order valence-corrected chi connectivity index (χ2v) is 10.4. The smallest absolute Gasteiger partial charge is 0.409 e. The molecule has 1 aromatic carbocycles. The Labute approximate surface area is 208 Å². The van der Waals surface area contributed by atoms with E-state index in [1.807, 2.05) is 30.3 Å². The van der Waals surface area contributed by atoms with Crippen LogP contribution in [0.15, 0.2) is 40.3 Å². The van der Waals surface area contributed by atoms with Crippen molar-refractivity contribution in [3.63, 3.8) is 0 Å². The summed E-state index contributed by atoms with van der Waals surface area (Å²) in [5, 5.41) is -0.284. The van der Waals surface area contributed by atoms with Crippen molar-refractivity contribution in [3.05, 3.63) is 46.4 Å². The number of benzene rings is 1. The van der Waals surface area contributed by atoms with Crippen LogP contribution in [0.5, 0.6) is 0 Å². The molecule has 1 atom stereocenters. The highest BCUT2D eigenvalue weighted by Gasteiger charge is 2.27. The first-order chi connectivity index (χ1) is 17.0. The van der Waals surface area contributed by atoms with Gasteiger partial charge in [0.05, 0.1) is 13.7 Å². The lowest BCUT2D eigenvalue weighted by molar-refractivity contribution is 0.129. The molecule has 2 amide bonds. The molecule has 0 fully saturated rings. The van der Waals surface area contributed by atoms with Crippen LogP contribution in [0.25, 0.3) is 11.2 Å². The summed E-state index contributed by atoms with van der Waals surface area (Å²) in [5.41, 5.74) is 6.19. The molecule has 13 nitrogen and oxygen atoms in total. The second kappa shape index (κ2) is 10.8. The Kier molecular flexibility index (Phi) is 7.97. The van der Waals surface area contributed by atoms with Crippen molar-refractivity contribution in [2.45, 2.75) is 25.0 Å². The van der Waals surface area contributed by atoms with E-state index in [0.29, 0.717) is 6.42 Å². The van der Waals surface area contributed by atoms with Crippen molar-refractivity contribution in [1.82, 2.24) is 28.9 Å². The molecule has 0 radical (unpaired) electrons. The first-order valence-electron chi connectivity index (χ1n) is 11.2. The maximum atomic E-state index is 13.5. The summed E-state index contributed by atoms with van der Waals surface area (Å²) in [7, 11) is 0.891. The van der Waals surface area contributed by atoms with Gasteiger partial charge >= 0.3 is 17.8 Å². The van der Waals surface area contributed by atoms with Crippen LogP contribution < -0.4 is 11.4 Å². The largest absolute Gasteiger partial charge is 0.453 e. The molecule has 0 saturated heterocycles. The number of nitrogens with zero attached hydrogens (tertiary/aromatic N) is 6. The number of methoxy groups -OCH3 is 1. The molecule has 2 heterocycles. The van der Waals surface area contributed by atoms with E-state index >= 15 is 0 Å². The predicted molar refractivity (Wildman–Crippen MR) is 134 cm³/mol. The topological polar surface area (TPSA) is 170 Å². The number of rotatable bonds is 8. The van der Waals surface area contributed by atoms with E-state index < -0.39 is 27.5 Å². The number of fused-ring (bicyclic) bond motifs is 1.